The Morgan fingerprint density at radius 1 is 1.09 bits per heavy atom. The maximum atomic E-state index is 5.46. The highest BCUT2D eigenvalue weighted by Crippen LogP contribution is 1.95. The largest absolute Gasteiger partial charge is 0.424 e. The summed E-state index contributed by atoms with van der Waals surface area (Å²) in [7, 11) is 1.60. The van der Waals surface area contributed by atoms with Gasteiger partial charge in [-0.1, -0.05) is 6.92 Å². The number of rotatable bonds is 8. The lowest BCUT2D eigenvalue weighted by atomic mass is 10.2. The van der Waals surface area contributed by atoms with Gasteiger partial charge >= 0.3 is 0 Å². The Kier molecular flexibility index (Phi) is 10.3. The highest BCUT2D eigenvalue weighted by Gasteiger charge is 1.88. The smallest absolute Gasteiger partial charge is 0.161 e. The van der Waals surface area contributed by atoms with Crippen LogP contribution in [0.3, 0.4) is 0 Å². The summed E-state index contributed by atoms with van der Waals surface area (Å²) in [6, 6.07) is 1.26. The van der Waals surface area contributed by atoms with Gasteiger partial charge in [0.2, 0.25) is 0 Å². The van der Waals surface area contributed by atoms with Crippen molar-refractivity contribution in [1.29, 1.82) is 0 Å². The molecule has 0 aliphatic heterocycles. The minimum atomic E-state index is -0.149. The van der Waals surface area contributed by atoms with E-state index < -0.39 is 0 Å². The first-order valence-corrected chi connectivity index (χ1v) is 6.06. The first kappa shape index (κ1) is 11.1. The lowest BCUT2D eigenvalue weighted by molar-refractivity contribution is 0.189. The SMILES string of the molecule is CC[SiH2]OCCCCCOC. The van der Waals surface area contributed by atoms with Gasteiger partial charge < -0.3 is 9.16 Å². The molecule has 68 valence electrons. The molecule has 0 aliphatic rings. The Hall–Kier alpha value is 0.137. The van der Waals surface area contributed by atoms with Crippen LogP contribution in [0, 0.1) is 0 Å². The van der Waals surface area contributed by atoms with Gasteiger partial charge in [-0.3, -0.25) is 0 Å². The zero-order chi connectivity index (χ0) is 8.36. The average Bonchev–Trinajstić information content (AvgIpc) is 2.03. The summed E-state index contributed by atoms with van der Waals surface area (Å²) >= 11 is 0. The van der Waals surface area contributed by atoms with Crippen LogP contribution in [-0.4, -0.2) is 30.1 Å². The normalized spacial score (nSPS) is 11.5. The Bertz CT molecular complexity index is 61.1. The molecule has 0 radical (unpaired) electrons. The molecule has 0 saturated heterocycles. The topological polar surface area (TPSA) is 18.5 Å². The lowest BCUT2D eigenvalue weighted by Crippen LogP contribution is -1.99. The Balaban J connectivity index is 2.69. The van der Waals surface area contributed by atoms with Crippen LogP contribution in [0.2, 0.25) is 6.04 Å². The number of ether oxygens (including phenoxy) is 1. The fraction of sp³-hybridized carbons (Fsp3) is 1.00. The molecule has 0 saturated carbocycles. The van der Waals surface area contributed by atoms with Crippen molar-refractivity contribution in [1.82, 2.24) is 0 Å². The van der Waals surface area contributed by atoms with E-state index in [1.54, 1.807) is 7.11 Å². The second-order valence-electron chi connectivity index (χ2n) is 2.67. The van der Waals surface area contributed by atoms with Gasteiger partial charge in [0.1, 0.15) is 0 Å². The minimum Gasteiger partial charge on any atom is -0.424 e. The maximum absolute atomic E-state index is 5.46. The van der Waals surface area contributed by atoms with E-state index in [1.807, 2.05) is 0 Å². The number of hydrogen-bond donors (Lipinski definition) is 0. The Morgan fingerprint density at radius 3 is 2.45 bits per heavy atom. The van der Waals surface area contributed by atoms with Gasteiger partial charge in [0.05, 0.1) is 0 Å². The van der Waals surface area contributed by atoms with E-state index in [0.717, 1.165) is 13.2 Å². The molecule has 0 aromatic heterocycles. The molecule has 0 aromatic carbocycles. The molecule has 0 amide bonds. The van der Waals surface area contributed by atoms with Gasteiger partial charge in [-0.25, -0.2) is 0 Å². The zero-order valence-electron chi connectivity index (χ0n) is 7.77. The molecule has 0 rings (SSSR count). The van der Waals surface area contributed by atoms with Crippen molar-refractivity contribution in [3.05, 3.63) is 0 Å². The second kappa shape index (κ2) is 10.1. The van der Waals surface area contributed by atoms with Crippen LogP contribution in [0.1, 0.15) is 26.2 Å². The van der Waals surface area contributed by atoms with Gasteiger partial charge in [0.25, 0.3) is 0 Å². The Morgan fingerprint density at radius 2 is 1.82 bits per heavy atom. The van der Waals surface area contributed by atoms with E-state index in [0.29, 0.717) is 0 Å². The van der Waals surface area contributed by atoms with Crippen LogP contribution in [0.15, 0.2) is 0 Å². The van der Waals surface area contributed by atoms with Crippen molar-refractivity contribution in [2.45, 2.75) is 32.2 Å². The van der Waals surface area contributed by atoms with E-state index in [9.17, 15) is 0 Å². The van der Waals surface area contributed by atoms with Crippen molar-refractivity contribution >= 4 is 9.76 Å². The van der Waals surface area contributed by atoms with Crippen LogP contribution in [-0.2, 0) is 9.16 Å². The number of unbranched alkanes of at least 4 members (excludes halogenated alkanes) is 2. The fourth-order valence-corrected chi connectivity index (χ4v) is 1.57. The van der Waals surface area contributed by atoms with Gasteiger partial charge in [0, 0.05) is 20.3 Å². The van der Waals surface area contributed by atoms with E-state index in [1.165, 1.54) is 25.3 Å². The van der Waals surface area contributed by atoms with E-state index in [-0.39, 0.29) is 9.76 Å². The molecule has 0 heterocycles. The molecule has 0 aliphatic carbocycles. The van der Waals surface area contributed by atoms with E-state index in [2.05, 4.69) is 6.92 Å². The van der Waals surface area contributed by atoms with E-state index in [4.69, 9.17) is 9.16 Å². The minimum absolute atomic E-state index is 0.149. The number of hydrogen-bond acceptors (Lipinski definition) is 2. The van der Waals surface area contributed by atoms with E-state index >= 15 is 0 Å². The van der Waals surface area contributed by atoms with Gasteiger partial charge in [-0.15, -0.1) is 0 Å². The fourth-order valence-electron chi connectivity index (χ4n) is 0.874. The summed E-state index contributed by atoms with van der Waals surface area (Å²) in [5, 5.41) is 0. The van der Waals surface area contributed by atoms with Crippen molar-refractivity contribution in [3.8, 4) is 0 Å². The summed E-state index contributed by atoms with van der Waals surface area (Å²) in [5.41, 5.74) is 0. The monoisotopic (exact) mass is 176 g/mol. The quantitative estimate of drug-likeness (QED) is 0.410. The van der Waals surface area contributed by atoms with Gasteiger partial charge in [-0.05, 0) is 25.3 Å². The zero-order valence-corrected chi connectivity index (χ0v) is 9.18. The maximum Gasteiger partial charge on any atom is 0.161 e. The van der Waals surface area contributed by atoms with Crippen molar-refractivity contribution in [2.24, 2.45) is 0 Å². The molecule has 0 unspecified atom stereocenters. The van der Waals surface area contributed by atoms with Crippen LogP contribution in [0.5, 0.6) is 0 Å². The van der Waals surface area contributed by atoms with Gasteiger partial charge in [0.15, 0.2) is 9.76 Å². The van der Waals surface area contributed by atoms with Crippen molar-refractivity contribution in [3.63, 3.8) is 0 Å². The highest BCUT2D eigenvalue weighted by atomic mass is 28.2. The predicted molar refractivity (Wildman–Crippen MR) is 50.7 cm³/mol. The molecule has 0 bridgehead atoms. The van der Waals surface area contributed by atoms with Crippen LogP contribution >= 0.6 is 0 Å². The first-order valence-electron chi connectivity index (χ1n) is 4.48. The average molecular weight is 176 g/mol. The summed E-state index contributed by atoms with van der Waals surface area (Å²) in [6.07, 6.45) is 3.62. The summed E-state index contributed by atoms with van der Waals surface area (Å²) < 4.78 is 10.4. The molecule has 0 spiro atoms. The third-order valence-corrected chi connectivity index (χ3v) is 2.47. The molecule has 0 aromatic rings. The number of methoxy groups -OCH3 is 1. The van der Waals surface area contributed by atoms with Crippen LogP contribution < -0.4 is 0 Å². The highest BCUT2D eigenvalue weighted by molar-refractivity contribution is 6.26. The molecular formula is C8H20O2Si. The molecule has 0 N–H and O–H groups in total. The summed E-state index contributed by atoms with van der Waals surface area (Å²) in [6.45, 7) is 4.06. The molecule has 0 fully saturated rings. The van der Waals surface area contributed by atoms with Crippen LogP contribution in [0.4, 0.5) is 0 Å². The third kappa shape index (κ3) is 10.1. The third-order valence-electron chi connectivity index (χ3n) is 1.49. The molecule has 2 nitrogen and oxygen atoms in total. The molecule has 0 atom stereocenters. The molecule has 11 heavy (non-hydrogen) atoms. The predicted octanol–water partition coefficient (Wildman–Crippen LogP) is 1.34. The van der Waals surface area contributed by atoms with Crippen molar-refractivity contribution in [2.75, 3.05) is 20.3 Å². The Labute approximate surface area is 72.2 Å². The standard InChI is InChI=1S/C8H20O2Si/c1-3-11-10-8-6-4-5-7-9-2/h3-8,11H2,1-2H3. The van der Waals surface area contributed by atoms with Crippen molar-refractivity contribution < 1.29 is 9.16 Å². The van der Waals surface area contributed by atoms with Gasteiger partial charge in [-0.2, -0.15) is 0 Å². The van der Waals surface area contributed by atoms with Crippen LogP contribution in [0.25, 0.3) is 0 Å². The summed E-state index contributed by atoms with van der Waals surface area (Å²) in [5.74, 6) is 0. The molecule has 3 heteroatoms. The second-order valence-corrected chi connectivity index (χ2v) is 4.48. The lowest BCUT2D eigenvalue weighted by Gasteiger charge is -2.01. The molecular weight excluding hydrogens is 156 g/mol. The summed E-state index contributed by atoms with van der Waals surface area (Å²) in [4.78, 5) is 0. The first-order chi connectivity index (χ1) is 5.41.